The van der Waals surface area contributed by atoms with Crippen molar-refractivity contribution >= 4 is 22.5 Å². The summed E-state index contributed by atoms with van der Waals surface area (Å²) in [5.74, 6) is 0. The number of hydrogen-bond donors (Lipinski definition) is 1. The molecule has 1 N–H and O–H groups in total. The number of aryl methyl sites for hydroxylation is 1. The molecule has 1 aliphatic rings. The normalized spacial score (nSPS) is 13.8. The molecule has 1 heterocycles. The molecule has 3 rings (SSSR count). The van der Waals surface area contributed by atoms with Gasteiger partial charge in [0, 0.05) is 24.2 Å². The number of benzene rings is 2. The van der Waals surface area contributed by atoms with Crippen LogP contribution in [-0.2, 0) is 0 Å². The molecular formula is C14H14N2. The van der Waals surface area contributed by atoms with Crippen molar-refractivity contribution in [1.82, 2.24) is 5.01 Å². The monoisotopic (exact) mass is 210 g/mol. The molecule has 0 saturated carbocycles. The summed E-state index contributed by atoms with van der Waals surface area (Å²) in [6.45, 7) is 2.13. The van der Waals surface area contributed by atoms with Gasteiger partial charge in [-0.1, -0.05) is 29.8 Å². The molecule has 2 aromatic rings. The predicted molar refractivity (Wildman–Crippen MR) is 69.1 cm³/mol. The lowest BCUT2D eigenvalue weighted by Crippen LogP contribution is -2.22. The van der Waals surface area contributed by atoms with Crippen LogP contribution < -0.4 is 5.43 Å². The fraction of sp³-hybridized carbons (Fsp3) is 0.143. The van der Waals surface area contributed by atoms with Gasteiger partial charge >= 0.3 is 0 Å². The second-order valence-electron chi connectivity index (χ2n) is 4.29. The molecule has 0 fully saturated rings. The van der Waals surface area contributed by atoms with E-state index < -0.39 is 0 Å². The maximum atomic E-state index is 3.38. The van der Waals surface area contributed by atoms with Gasteiger partial charge in [0.1, 0.15) is 0 Å². The molecule has 0 radical (unpaired) electrons. The van der Waals surface area contributed by atoms with Crippen LogP contribution in [0.1, 0.15) is 11.1 Å². The second-order valence-corrected chi connectivity index (χ2v) is 4.29. The third-order valence-electron chi connectivity index (χ3n) is 2.98. The largest absolute Gasteiger partial charge is 0.298 e. The minimum absolute atomic E-state index is 1.20. The van der Waals surface area contributed by atoms with Crippen molar-refractivity contribution in [3.05, 3.63) is 47.7 Å². The van der Waals surface area contributed by atoms with E-state index in [1.165, 1.54) is 27.6 Å². The van der Waals surface area contributed by atoms with Crippen molar-refractivity contribution < 1.29 is 0 Å². The highest BCUT2D eigenvalue weighted by Crippen LogP contribution is 2.31. The zero-order valence-corrected chi connectivity index (χ0v) is 9.49. The standard InChI is InChI=1S/C14H14N2/c1-10-3-4-11-5-6-12-7-8-16(2)15-14(12)13(11)9-10/h3-9,15H,1-2H3. The SMILES string of the molecule is Cc1ccc2ccc3c(c2c1)NN(C)C=C3. The molecule has 16 heavy (non-hydrogen) atoms. The predicted octanol–water partition coefficient (Wildman–Crippen LogP) is 3.39. The van der Waals surface area contributed by atoms with Crippen molar-refractivity contribution in [2.45, 2.75) is 6.92 Å². The molecule has 1 aliphatic heterocycles. The summed E-state index contributed by atoms with van der Waals surface area (Å²) in [5.41, 5.74) is 7.11. The Hall–Kier alpha value is -1.96. The van der Waals surface area contributed by atoms with Crippen LogP contribution in [0.25, 0.3) is 16.8 Å². The highest BCUT2D eigenvalue weighted by atomic mass is 15.5. The van der Waals surface area contributed by atoms with Crippen LogP contribution in [0, 0.1) is 6.92 Å². The molecule has 0 unspecified atom stereocenters. The van der Waals surface area contributed by atoms with E-state index in [0.29, 0.717) is 0 Å². The van der Waals surface area contributed by atoms with E-state index in [0.717, 1.165) is 0 Å². The lowest BCUT2D eigenvalue weighted by Gasteiger charge is -2.24. The van der Waals surface area contributed by atoms with Crippen molar-refractivity contribution in [3.63, 3.8) is 0 Å². The van der Waals surface area contributed by atoms with Gasteiger partial charge in [-0.15, -0.1) is 0 Å². The molecule has 0 spiro atoms. The van der Waals surface area contributed by atoms with Crippen LogP contribution in [0.15, 0.2) is 36.5 Å². The number of nitrogens with zero attached hydrogens (tertiary/aromatic N) is 1. The number of fused-ring (bicyclic) bond motifs is 3. The van der Waals surface area contributed by atoms with Crippen LogP contribution in [0.3, 0.4) is 0 Å². The number of nitrogens with one attached hydrogen (secondary N) is 1. The summed E-state index contributed by atoms with van der Waals surface area (Å²) in [7, 11) is 2.01. The fourth-order valence-electron chi connectivity index (χ4n) is 2.12. The van der Waals surface area contributed by atoms with Crippen molar-refractivity contribution in [2.75, 3.05) is 12.5 Å². The van der Waals surface area contributed by atoms with Gasteiger partial charge in [-0.3, -0.25) is 10.4 Å². The summed E-state index contributed by atoms with van der Waals surface area (Å²) in [6, 6.07) is 10.9. The van der Waals surface area contributed by atoms with Crippen LogP contribution in [0.2, 0.25) is 0 Å². The molecule has 0 aliphatic carbocycles. The average Bonchev–Trinajstić information content (AvgIpc) is 2.29. The Bertz CT molecular complexity index is 585. The first kappa shape index (κ1) is 9.28. The van der Waals surface area contributed by atoms with Crippen LogP contribution >= 0.6 is 0 Å². The van der Waals surface area contributed by atoms with Crippen LogP contribution in [-0.4, -0.2) is 12.1 Å². The first-order valence-electron chi connectivity index (χ1n) is 5.45. The second kappa shape index (κ2) is 3.27. The maximum Gasteiger partial charge on any atom is 0.0693 e. The van der Waals surface area contributed by atoms with Gasteiger partial charge < -0.3 is 0 Å². The van der Waals surface area contributed by atoms with Gasteiger partial charge in [-0.05, 0) is 24.5 Å². The third-order valence-corrected chi connectivity index (χ3v) is 2.98. The van der Waals surface area contributed by atoms with Crippen molar-refractivity contribution in [1.29, 1.82) is 0 Å². The summed E-state index contributed by atoms with van der Waals surface area (Å²) in [6.07, 6.45) is 4.16. The number of anilines is 1. The third kappa shape index (κ3) is 1.34. The van der Waals surface area contributed by atoms with Gasteiger partial charge in [0.15, 0.2) is 0 Å². The number of hydrazine groups is 1. The summed E-state index contributed by atoms with van der Waals surface area (Å²) < 4.78 is 0. The first-order chi connectivity index (χ1) is 7.74. The Labute approximate surface area is 95.2 Å². The van der Waals surface area contributed by atoms with E-state index in [1.807, 2.05) is 18.3 Å². The minimum atomic E-state index is 1.20. The first-order valence-corrected chi connectivity index (χ1v) is 5.45. The molecular weight excluding hydrogens is 196 g/mol. The Kier molecular flexibility index (Phi) is 1.90. The van der Waals surface area contributed by atoms with Gasteiger partial charge in [0.2, 0.25) is 0 Å². The fourth-order valence-corrected chi connectivity index (χ4v) is 2.12. The number of rotatable bonds is 0. The number of hydrogen-bond acceptors (Lipinski definition) is 2. The van der Waals surface area contributed by atoms with Gasteiger partial charge in [-0.25, -0.2) is 0 Å². The van der Waals surface area contributed by atoms with Crippen LogP contribution in [0.4, 0.5) is 5.69 Å². The molecule has 80 valence electrons. The van der Waals surface area contributed by atoms with Gasteiger partial charge in [-0.2, -0.15) is 0 Å². The molecule has 0 bridgehead atoms. The quantitative estimate of drug-likeness (QED) is 0.717. The average molecular weight is 210 g/mol. The summed E-state index contributed by atoms with van der Waals surface area (Å²) in [5, 5.41) is 4.54. The zero-order chi connectivity index (χ0) is 11.1. The molecule has 0 amide bonds. The molecule has 2 aromatic carbocycles. The topological polar surface area (TPSA) is 15.3 Å². The lowest BCUT2D eigenvalue weighted by atomic mass is 10.0. The van der Waals surface area contributed by atoms with E-state index in [2.05, 4.69) is 48.8 Å². The molecule has 0 atom stereocenters. The Morgan fingerprint density at radius 2 is 1.94 bits per heavy atom. The molecule has 0 aromatic heterocycles. The van der Waals surface area contributed by atoms with Crippen LogP contribution in [0.5, 0.6) is 0 Å². The van der Waals surface area contributed by atoms with Crippen molar-refractivity contribution in [3.8, 4) is 0 Å². The lowest BCUT2D eigenvalue weighted by molar-refractivity contribution is 0.551. The van der Waals surface area contributed by atoms with E-state index >= 15 is 0 Å². The highest BCUT2D eigenvalue weighted by molar-refractivity contribution is 5.98. The minimum Gasteiger partial charge on any atom is -0.298 e. The van der Waals surface area contributed by atoms with E-state index in [4.69, 9.17) is 0 Å². The van der Waals surface area contributed by atoms with E-state index in [9.17, 15) is 0 Å². The molecule has 0 saturated heterocycles. The smallest absolute Gasteiger partial charge is 0.0693 e. The maximum absolute atomic E-state index is 3.38. The Balaban J connectivity index is 2.34. The Morgan fingerprint density at radius 3 is 2.81 bits per heavy atom. The van der Waals surface area contributed by atoms with Gasteiger partial charge in [0.25, 0.3) is 0 Å². The van der Waals surface area contributed by atoms with E-state index in [-0.39, 0.29) is 0 Å². The molecule has 2 heteroatoms. The highest BCUT2D eigenvalue weighted by Gasteiger charge is 2.10. The Morgan fingerprint density at radius 1 is 1.12 bits per heavy atom. The molecule has 2 nitrogen and oxygen atoms in total. The summed E-state index contributed by atoms with van der Waals surface area (Å²) in [4.78, 5) is 0. The zero-order valence-electron chi connectivity index (χ0n) is 9.49. The summed E-state index contributed by atoms with van der Waals surface area (Å²) >= 11 is 0. The van der Waals surface area contributed by atoms with E-state index in [1.54, 1.807) is 0 Å². The van der Waals surface area contributed by atoms with Crippen molar-refractivity contribution in [2.24, 2.45) is 0 Å². The van der Waals surface area contributed by atoms with Gasteiger partial charge in [0.05, 0.1) is 5.69 Å².